The van der Waals surface area contributed by atoms with Gasteiger partial charge in [0.05, 0.1) is 0 Å². The fourth-order valence-corrected chi connectivity index (χ4v) is 5.39. The second-order valence-electron chi connectivity index (χ2n) is 8.06. The average Bonchev–Trinajstić information content (AvgIpc) is 3.01. The van der Waals surface area contributed by atoms with Crippen LogP contribution in [0.3, 0.4) is 0 Å². The van der Waals surface area contributed by atoms with E-state index >= 15 is 0 Å². The number of piperidine rings is 1. The van der Waals surface area contributed by atoms with Crippen molar-refractivity contribution in [2.45, 2.75) is 46.2 Å². The van der Waals surface area contributed by atoms with Gasteiger partial charge in [-0.1, -0.05) is 31.9 Å². The molecule has 0 atom stereocenters. The Morgan fingerprint density at radius 3 is 2.79 bits per heavy atom. The zero-order valence-corrected chi connectivity index (χ0v) is 17.9. The van der Waals surface area contributed by atoms with E-state index in [9.17, 15) is 4.79 Å². The number of amides is 1. The smallest absolute Gasteiger partial charge is 0.253 e. The van der Waals surface area contributed by atoms with Crippen LogP contribution in [0.5, 0.6) is 0 Å². The van der Waals surface area contributed by atoms with Crippen LogP contribution in [0.4, 0.5) is 0 Å². The molecule has 0 N–H and O–H groups in total. The van der Waals surface area contributed by atoms with Crippen molar-refractivity contribution < 1.29 is 4.79 Å². The summed E-state index contributed by atoms with van der Waals surface area (Å²) in [5.41, 5.74) is 4.88. The number of hydrogen-bond acceptors (Lipinski definition) is 3. The highest BCUT2D eigenvalue weighted by Gasteiger charge is 2.26. The summed E-state index contributed by atoms with van der Waals surface area (Å²) >= 11 is 1.91. The molecule has 1 aromatic heterocycles. The maximum atomic E-state index is 13.1. The van der Waals surface area contributed by atoms with Crippen LogP contribution < -0.4 is 0 Å². The molecule has 1 saturated heterocycles. The fourth-order valence-electron chi connectivity index (χ4n) is 4.58. The van der Waals surface area contributed by atoms with E-state index in [1.54, 1.807) is 0 Å². The first-order chi connectivity index (χ1) is 13.6. The monoisotopic (exact) mass is 397 g/mol. The topological polar surface area (TPSA) is 28.5 Å². The van der Waals surface area contributed by atoms with Crippen LogP contribution in [0.15, 0.2) is 30.9 Å². The van der Waals surface area contributed by atoms with E-state index in [1.807, 2.05) is 29.0 Å². The van der Waals surface area contributed by atoms with Crippen molar-refractivity contribution in [1.29, 1.82) is 0 Å². The van der Waals surface area contributed by atoms with E-state index in [0.29, 0.717) is 0 Å². The van der Waals surface area contributed by atoms with Crippen LogP contribution in [-0.4, -0.2) is 45.1 Å². The summed E-state index contributed by atoms with van der Waals surface area (Å²) < 4.78 is 4.85. The van der Waals surface area contributed by atoms with Crippen LogP contribution in [0.2, 0.25) is 0 Å². The highest BCUT2D eigenvalue weighted by Crippen LogP contribution is 2.34. The predicted molar refractivity (Wildman–Crippen MR) is 119 cm³/mol. The van der Waals surface area contributed by atoms with Crippen LogP contribution in [-0.2, 0) is 19.5 Å². The molecule has 4 rings (SSSR count). The van der Waals surface area contributed by atoms with Crippen molar-refractivity contribution in [1.82, 2.24) is 13.8 Å². The van der Waals surface area contributed by atoms with E-state index in [-0.39, 0.29) is 5.91 Å². The van der Waals surface area contributed by atoms with Crippen LogP contribution in [0.1, 0.15) is 48.3 Å². The molecule has 0 saturated carbocycles. The Morgan fingerprint density at radius 2 is 2.07 bits per heavy atom. The highest BCUT2D eigenvalue weighted by atomic mass is 32.2. The first-order valence-electron chi connectivity index (χ1n) is 10.5. The molecule has 1 fully saturated rings. The van der Waals surface area contributed by atoms with Gasteiger partial charge in [-0.25, -0.2) is 4.31 Å². The van der Waals surface area contributed by atoms with Gasteiger partial charge in [0.15, 0.2) is 0 Å². The first kappa shape index (κ1) is 19.6. The van der Waals surface area contributed by atoms with Gasteiger partial charge >= 0.3 is 0 Å². The number of hydrogen-bond donors (Lipinski definition) is 0. The molecule has 0 spiro atoms. The molecular formula is C23H31N3OS. The van der Waals surface area contributed by atoms with Gasteiger partial charge in [-0.3, -0.25) is 4.79 Å². The first-order valence-corrected chi connectivity index (χ1v) is 11.5. The standard InChI is InChI=1S/C23H31N3OS/c1-4-11-26-21-7-6-18(23(27)24-12-8-17(3)9-13-24)15-19(21)20-16-25(28-5-2)14-10-22(20)26/h4,6-7,15,17H,1,5,8-14,16H2,2-3H3. The molecule has 5 heteroatoms. The lowest BCUT2D eigenvalue weighted by molar-refractivity contribution is 0.0697. The minimum absolute atomic E-state index is 0.189. The number of carbonyl (C=O) groups is 1. The van der Waals surface area contributed by atoms with Crippen molar-refractivity contribution in [3.63, 3.8) is 0 Å². The molecule has 0 unspecified atom stereocenters. The third-order valence-electron chi connectivity index (χ3n) is 6.16. The van der Waals surface area contributed by atoms with Crippen molar-refractivity contribution >= 4 is 28.8 Å². The molecule has 3 heterocycles. The Labute approximate surface area is 172 Å². The molecule has 2 aliphatic heterocycles. The minimum atomic E-state index is 0.189. The van der Waals surface area contributed by atoms with Crippen LogP contribution in [0, 0.1) is 5.92 Å². The number of allylic oxidation sites excluding steroid dienone is 1. The SMILES string of the molecule is C=CCn1c2c(c3cc(C(=O)N4CCC(C)CC4)ccc31)CN(SCC)CC2. The van der Waals surface area contributed by atoms with E-state index < -0.39 is 0 Å². The Morgan fingerprint density at radius 1 is 1.29 bits per heavy atom. The largest absolute Gasteiger partial charge is 0.340 e. The number of nitrogens with zero attached hydrogens (tertiary/aromatic N) is 3. The molecule has 1 aromatic carbocycles. The number of rotatable bonds is 5. The average molecular weight is 398 g/mol. The normalized spacial score (nSPS) is 18.4. The van der Waals surface area contributed by atoms with Crippen molar-refractivity contribution in [2.75, 3.05) is 25.4 Å². The van der Waals surface area contributed by atoms with Gasteiger partial charge in [-0.15, -0.1) is 6.58 Å². The van der Waals surface area contributed by atoms with E-state index in [4.69, 9.17) is 0 Å². The quantitative estimate of drug-likeness (QED) is 0.540. The Bertz CT molecular complexity index is 880. The summed E-state index contributed by atoms with van der Waals surface area (Å²) in [7, 11) is 0. The van der Waals surface area contributed by atoms with E-state index in [0.717, 1.165) is 69.2 Å². The zero-order chi connectivity index (χ0) is 19.7. The molecule has 0 aliphatic carbocycles. The molecular weight excluding hydrogens is 366 g/mol. The van der Waals surface area contributed by atoms with Crippen LogP contribution in [0.25, 0.3) is 10.9 Å². The molecule has 0 bridgehead atoms. The molecule has 150 valence electrons. The molecule has 2 aromatic rings. The number of fused-ring (bicyclic) bond motifs is 3. The fraction of sp³-hybridized carbons (Fsp3) is 0.522. The summed E-state index contributed by atoms with van der Waals surface area (Å²) in [5, 5.41) is 1.24. The van der Waals surface area contributed by atoms with Crippen LogP contribution >= 0.6 is 11.9 Å². The summed E-state index contributed by atoms with van der Waals surface area (Å²) in [6.07, 6.45) is 5.25. The zero-order valence-electron chi connectivity index (χ0n) is 17.1. The third kappa shape index (κ3) is 3.62. The lowest BCUT2D eigenvalue weighted by atomic mass is 9.98. The summed E-state index contributed by atoms with van der Waals surface area (Å²) in [6.45, 7) is 13.1. The molecule has 2 aliphatic rings. The number of carbonyl (C=O) groups excluding carboxylic acids is 1. The molecule has 4 nitrogen and oxygen atoms in total. The van der Waals surface area contributed by atoms with Crippen molar-refractivity contribution in [2.24, 2.45) is 5.92 Å². The summed E-state index contributed by atoms with van der Waals surface area (Å²) in [5.74, 6) is 2.01. The van der Waals surface area contributed by atoms with E-state index in [1.165, 1.54) is 22.2 Å². The Kier molecular flexibility index (Phi) is 5.83. The van der Waals surface area contributed by atoms with Gasteiger partial charge in [0.1, 0.15) is 0 Å². The minimum Gasteiger partial charge on any atom is -0.340 e. The van der Waals surface area contributed by atoms with Gasteiger partial charge in [-0.2, -0.15) is 0 Å². The highest BCUT2D eigenvalue weighted by molar-refractivity contribution is 7.96. The van der Waals surface area contributed by atoms with E-state index in [2.05, 4.69) is 41.4 Å². The van der Waals surface area contributed by atoms with Gasteiger partial charge in [0.2, 0.25) is 0 Å². The number of aromatic nitrogens is 1. The molecule has 1 amide bonds. The maximum Gasteiger partial charge on any atom is 0.253 e. The second kappa shape index (κ2) is 8.34. The lowest BCUT2D eigenvalue weighted by Gasteiger charge is -2.30. The van der Waals surface area contributed by atoms with Gasteiger partial charge < -0.3 is 9.47 Å². The van der Waals surface area contributed by atoms with Gasteiger partial charge in [0, 0.05) is 67.1 Å². The van der Waals surface area contributed by atoms with Gasteiger partial charge in [0.25, 0.3) is 5.91 Å². The number of likely N-dealkylation sites (tertiary alicyclic amines) is 1. The predicted octanol–water partition coefficient (Wildman–Crippen LogP) is 4.73. The van der Waals surface area contributed by atoms with Gasteiger partial charge in [-0.05, 0) is 42.5 Å². The molecule has 28 heavy (non-hydrogen) atoms. The molecule has 0 radical (unpaired) electrons. The maximum absolute atomic E-state index is 13.1. The Balaban J connectivity index is 1.71. The third-order valence-corrected chi connectivity index (χ3v) is 7.10. The summed E-state index contributed by atoms with van der Waals surface area (Å²) in [4.78, 5) is 15.1. The lowest BCUT2D eigenvalue weighted by Crippen LogP contribution is -2.37. The number of benzene rings is 1. The van der Waals surface area contributed by atoms with Crippen molar-refractivity contribution in [3.05, 3.63) is 47.7 Å². The summed E-state index contributed by atoms with van der Waals surface area (Å²) in [6, 6.07) is 6.31. The van der Waals surface area contributed by atoms with Crippen molar-refractivity contribution in [3.8, 4) is 0 Å². The second-order valence-corrected chi connectivity index (χ2v) is 9.41. The Hall–Kier alpha value is -1.72.